The molecule has 0 spiro atoms. The number of Topliss-reactive ketones (excluding diaryl/α,β-unsaturated/α-hetero) is 1. The third-order valence-corrected chi connectivity index (χ3v) is 8.95. The zero-order valence-corrected chi connectivity index (χ0v) is 21.7. The van der Waals surface area contributed by atoms with Crippen LogP contribution in [-0.4, -0.2) is 110 Å². The van der Waals surface area contributed by atoms with E-state index >= 15 is 0 Å². The Morgan fingerprint density at radius 1 is 0.947 bits per heavy atom. The lowest BCUT2D eigenvalue weighted by molar-refractivity contribution is -0.140. The third-order valence-electron chi connectivity index (χ3n) is 7.04. The van der Waals surface area contributed by atoms with Crippen LogP contribution in [0.3, 0.4) is 0 Å². The van der Waals surface area contributed by atoms with Gasteiger partial charge in [-0.2, -0.15) is 4.31 Å². The second-order valence-corrected chi connectivity index (χ2v) is 11.2. The van der Waals surface area contributed by atoms with E-state index in [0.717, 1.165) is 13.1 Å². The fourth-order valence-electron chi connectivity index (χ4n) is 4.95. The molecule has 0 saturated carbocycles. The maximum atomic E-state index is 13.2. The Kier molecular flexibility index (Phi) is 7.86. The van der Waals surface area contributed by atoms with Crippen LogP contribution >= 0.6 is 0 Å². The predicted molar refractivity (Wildman–Crippen MR) is 137 cm³/mol. The van der Waals surface area contributed by atoms with E-state index in [0.29, 0.717) is 38.5 Å². The molecule has 12 heteroatoms. The number of carbonyl (C=O) groups is 2. The monoisotopic (exact) mass is 542 g/mol. The number of hydrogen-bond donors (Lipinski definition) is 1. The molecule has 3 fully saturated rings. The van der Waals surface area contributed by atoms with Gasteiger partial charge in [0.15, 0.2) is 0 Å². The van der Waals surface area contributed by atoms with Crippen LogP contribution in [0.1, 0.15) is 17.2 Å². The van der Waals surface area contributed by atoms with Gasteiger partial charge in [-0.05, 0) is 35.9 Å². The molecule has 0 radical (unpaired) electrons. The van der Waals surface area contributed by atoms with Crippen LogP contribution in [-0.2, 0) is 29.1 Å². The number of nitrogens with zero attached hydrogens (tertiary/aromatic N) is 4. The first-order valence-corrected chi connectivity index (χ1v) is 14.0. The number of hydrogen-bond acceptors (Lipinski definition) is 9. The quantitative estimate of drug-likeness (QED) is 0.308. The zero-order chi connectivity index (χ0) is 26.7. The predicted octanol–water partition coefficient (Wildman–Crippen LogP) is 0.856. The molecule has 38 heavy (non-hydrogen) atoms. The summed E-state index contributed by atoms with van der Waals surface area (Å²) in [7, 11) is -3.72. The molecule has 1 aromatic carbocycles. The van der Waals surface area contributed by atoms with Crippen LogP contribution in [0.25, 0.3) is 5.76 Å². The maximum Gasteiger partial charge on any atom is 0.295 e. The van der Waals surface area contributed by atoms with E-state index in [9.17, 15) is 23.1 Å². The normalized spacial score (nSPS) is 23.2. The summed E-state index contributed by atoms with van der Waals surface area (Å²) in [5, 5.41) is 11.3. The Bertz CT molecular complexity index is 1300. The van der Waals surface area contributed by atoms with Crippen molar-refractivity contribution in [3.8, 4) is 0 Å². The molecule has 1 N–H and O–H groups in total. The molecule has 3 saturated heterocycles. The molecule has 0 aliphatic carbocycles. The highest BCUT2D eigenvalue weighted by Gasteiger charge is 2.46. The molecule has 202 valence electrons. The van der Waals surface area contributed by atoms with Crippen molar-refractivity contribution < 1.29 is 32.6 Å². The van der Waals surface area contributed by atoms with E-state index in [-0.39, 0.29) is 41.4 Å². The lowest BCUT2D eigenvalue weighted by Gasteiger charge is -2.30. The fourth-order valence-corrected chi connectivity index (χ4v) is 6.35. The summed E-state index contributed by atoms with van der Waals surface area (Å²) in [6.45, 7) is 4.74. The number of carbonyl (C=O) groups excluding carboxylic acids is 2. The minimum absolute atomic E-state index is 0.0474. The van der Waals surface area contributed by atoms with Gasteiger partial charge in [0, 0.05) is 57.2 Å². The Labute approximate surface area is 221 Å². The highest BCUT2D eigenvalue weighted by atomic mass is 32.2. The average Bonchev–Trinajstić information content (AvgIpc) is 3.22. The van der Waals surface area contributed by atoms with Gasteiger partial charge in [-0.25, -0.2) is 8.42 Å². The van der Waals surface area contributed by atoms with E-state index in [1.807, 2.05) is 0 Å². The number of benzene rings is 1. The van der Waals surface area contributed by atoms with Crippen molar-refractivity contribution in [2.75, 3.05) is 65.7 Å². The van der Waals surface area contributed by atoms with Gasteiger partial charge in [0.2, 0.25) is 10.0 Å². The van der Waals surface area contributed by atoms with Crippen molar-refractivity contribution in [1.29, 1.82) is 0 Å². The second kappa shape index (κ2) is 11.3. The lowest BCUT2D eigenvalue weighted by atomic mass is 9.96. The van der Waals surface area contributed by atoms with Gasteiger partial charge in [-0.3, -0.25) is 19.5 Å². The van der Waals surface area contributed by atoms with Gasteiger partial charge in [-0.15, -0.1) is 0 Å². The number of aromatic nitrogens is 1. The van der Waals surface area contributed by atoms with Crippen molar-refractivity contribution in [2.24, 2.45) is 0 Å². The summed E-state index contributed by atoms with van der Waals surface area (Å²) in [6, 6.07) is 8.34. The first-order chi connectivity index (χ1) is 18.4. The fraction of sp³-hybridized carbons (Fsp3) is 0.423. The molecule has 1 atom stereocenters. The minimum atomic E-state index is -3.72. The lowest BCUT2D eigenvalue weighted by Crippen LogP contribution is -2.42. The van der Waals surface area contributed by atoms with Gasteiger partial charge >= 0.3 is 0 Å². The standard InChI is InChI=1S/C26H30N4O7S/c31-24(19-3-5-21(6-4-19)38(34,35)29-12-16-37-17-13-29)22-23(20-2-1-7-27-18-20)30(26(33)25(22)32)9-8-28-10-14-36-15-11-28/h1-7,18,23,31H,8-17H2/b24-22-. The Hall–Kier alpha value is -3.16. The molecule has 4 heterocycles. The number of rotatable bonds is 7. The molecular weight excluding hydrogens is 512 g/mol. The molecule has 3 aliphatic rings. The molecule has 0 bridgehead atoms. The molecule has 5 rings (SSSR count). The Balaban J connectivity index is 1.46. The highest BCUT2D eigenvalue weighted by molar-refractivity contribution is 7.89. The number of amides is 1. The molecule has 1 unspecified atom stereocenters. The van der Waals surface area contributed by atoms with Gasteiger partial charge < -0.3 is 19.5 Å². The van der Waals surface area contributed by atoms with Crippen molar-refractivity contribution in [3.63, 3.8) is 0 Å². The van der Waals surface area contributed by atoms with Crippen molar-refractivity contribution >= 4 is 27.5 Å². The van der Waals surface area contributed by atoms with Gasteiger partial charge in [0.25, 0.3) is 11.7 Å². The van der Waals surface area contributed by atoms with Gasteiger partial charge in [-0.1, -0.05) is 6.07 Å². The summed E-state index contributed by atoms with van der Waals surface area (Å²) in [5.74, 6) is -1.84. The number of morpholine rings is 2. The molecule has 1 aromatic heterocycles. The van der Waals surface area contributed by atoms with Crippen LogP contribution in [0.4, 0.5) is 0 Å². The van der Waals surface area contributed by atoms with Gasteiger partial charge in [0.1, 0.15) is 5.76 Å². The Morgan fingerprint density at radius 3 is 2.24 bits per heavy atom. The van der Waals surface area contributed by atoms with Crippen molar-refractivity contribution in [3.05, 3.63) is 65.5 Å². The van der Waals surface area contributed by atoms with E-state index in [4.69, 9.17) is 9.47 Å². The molecule has 11 nitrogen and oxygen atoms in total. The number of sulfonamides is 1. The van der Waals surface area contributed by atoms with Crippen LogP contribution in [0, 0.1) is 0 Å². The van der Waals surface area contributed by atoms with Crippen molar-refractivity contribution in [2.45, 2.75) is 10.9 Å². The number of pyridine rings is 1. The maximum absolute atomic E-state index is 13.2. The topological polar surface area (TPSA) is 130 Å². The average molecular weight is 543 g/mol. The Morgan fingerprint density at radius 2 is 1.61 bits per heavy atom. The zero-order valence-electron chi connectivity index (χ0n) is 20.9. The molecule has 2 aromatic rings. The van der Waals surface area contributed by atoms with E-state index in [2.05, 4.69) is 9.88 Å². The molecule has 1 amide bonds. The summed E-state index contributed by atoms with van der Waals surface area (Å²) in [4.78, 5) is 34.2. The first-order valence-electron chi connectivity index (χ1n) is 12.5. The number of likely N-dealkylation sites (tertiary alicyclic amines) is 1. The molecular formula is C26H30N4O7S. The van der Waals surface area contributed by atoms with Gasteiger partial charge in [0.05, 0.1) is 42.9 Å². The second-order valence-electron chi connectivity index (χ2n) is 9.27. The van der Waals surface area contributed by atoms with Crippen LogP contribution in [0.15, 0.2) is 59.3 Å². The SMILES string of the molecule is O=C1C(=O)N(CCN2CCOCC2)C(c2cccnc2)/C1=C(/O)c1ccc(S(=O)(=O)N2CCOCC2)cc1. The largest absolute Gasteiger partial charge is 0.507 e. The third kappa shape index (κ3) is 5.22. The number of aliphatic hydroxyl groups excluding tert-OH is 1. The van der Waals surface area contributed by atoms with E-state index in [1.54, 1.807) is 24.5 Å². The van der Waals surface area contributed by atoms with E-state index in [1.165, 1.54) is 33.5 Å². The summed E-state index contributed by atoms with van der Waals surface area (Å²) >= 11 is 0. The first kappa shape index (κ1) is 26.4. The number of aliphatic hydroxyl groups is 1. The van der Waals surface area contributed by atoms with E-state index < -0.39 is 27.8 Å². The van der Waals surface area contributed by atoms with Crippen LogP contribution < -0.4 is 0 Å². The number of ether oxygens (including phenoxy) is 2. The summed E-state index contributed by atoms with van der Waals surface area (Å²) < 4.78 is 37.9. The molecule has 3 aliphatic heterocycles. The minimum Gasteiger partial charge on any atom is -0.507 e. The summed E-state index contributed by atoms with van der Waals surface area (Å²) in [6.07, 6.45) is 3.17. The van der Waals surface area contributed by atoms with Crippen molar-refractivity contribution in [1.82, 2.24) is 19.1 Å². The van der Waals surface area contributed by atoms with Crippen LogP contribution in [0.2, 0.25) is 0 Å². The van der Waals surface area contributed by atoms with Crippen LogP contribution in [0.5, 0.6) is 0 Å². The summed E-state index contributed by atoms with van der Waals surface area (Å²) in [5.41, 5.74) is 0.793. The smallest absolute Gasteiger partial charge is 0.295 e. The highest BCUT2D eigenvalue weighted by Crippen LogP contribution is 2.39. The number of ketones is 1.